The fourth-order valence-corrected chi connectivity index (χ4v) is 4.66. The van der Waals surface area contributed by atoms with Crippen molar-refractivity contribution >= 4 is 11.8 Å². The molecule has 2 aromatic rings. The van der Waals surface area contributed by atoms with E-state index in [1.54, 1.807) is 12.0 Å². The van der Waals surface area contributed by atoms with E-state index in [1.807, 2.05) is 48.5 Å². The molecule has 1 fully saturated rings. The molecule has 30 heavy (non-hydrogen) atoms. The van der Waals surface area contributed by atoms with Crippen molar-refractivity contribution < 1.29 is 14.3 Å². The molecule has 0 spiro atoms. The predicted molar refractivity (Wildman–Crippen MR) is 116 cm³/mol. The fourth-order valence-electron chi connectivity index (χ4n) is 4.66. The van der Waals surface area contributed by atoms with Crippen molar-refractivity contribution in [3.05, 3.63) is 65.2 Å². The largest absolute Gasteiger partial charge is 0.497 e. The molecule has 1 N–H and O–H groups in total. The van der Waals surface area contributed by atoms with Gasteiger partial charge in [-0.1, -0.05) is 62.4 Å². The van der Waals surface area contributed by atoms with Crippen LogP contribution in [0, 0.1) is 0 Å². The van der Waals surface area contributed by atoms with E-state index >= 15 is 0 Å². The van der Waals surface area contributed by atoms with Gasteiger partial charge in [-0.2, -0.15) is 0 Å². The summed E-state index contributed by atoms with van der Waals surface area (Å²) in [7, 11) is 1.63. The molecular formula is C25H30N2O3. The Bertz CT molecular complexity index is 903. The van der Waals surface area contributed by atoms with E-state index in [-0.39, 0.29) is 17.9 Å². The average Bonchev–Trinajstić information content (AvgIpc) is 3.02. The normalized spacial score (nSPS) is 19.7. The average molecular weight is 407 g/mol. The van der Waals surface area contributed by atoms with Gasteiger partial charge in [0.15, 0.2) is 0 Å². The summed E-state index contributed by atoms with van der Waals surface area (Å²) in [5, 5.41) is 3.27. The molecule has 1 heterocycles. The molecule has 1 atom stereocenters. The monoisotopic (exact) mass is 406 g/mol. The smallest absolute Gasteiger partial charge is 0.255 e. The van der Waals surface area contributed by atoms with E-state index < -0.39 is 6.04 Å². The molecule has 2 aliphatic rings. The van der Waals surface area contributed by atoms with Gasteiger partial charge in [0.2, 0.25) is 5.91 Å². The van der Waals surface area contributed by atoms with Crippen LogP contribution in [0.5, 0.6) is 5.75 Å². The van der Waals surface area contributed by atoms with Crippen molar-refractivity contribution in [1.82, 2.24) is 10.2 Å². The van der Waals surface area contributed by atoms with Crippen molar-refractivity contribution in [2.75, 3.05) is 7.11 Å². The number of nitrogens with one attached hydrogen (secondary N) is 1. The molecule has 0 aromatic heterocycles. The summed E-state index contributed by atoms with van der Waals surface area (Å²) in [5.41, 5.74) is 2.37. The van der Waals surface area contributed by atoms with Gasteiger partial charge in [0.25, 0.3) is 5.91 Å². The number of hydrogen-bond acceptors (Lipinski definition) is 3. The second-order valence-electron chi connectivity index (χ2n) is 8.32. The highest BCUT2D eigenvalue weighted by Gasteiger charge is 2.41. The summed E-state index contributed by atoms with van der Waals surface area (Å²) in [4.78, 5) is 28.3. The topological polar surface area (TPSA) is 58.6 Å². The van der Waals surface area contributed by atoms with E-state index in [2.05, 4.69) is 5.32 Å². The summed E-state index contributed by atoms with van der Waals surface area (Å²) < 4.78 is 5.32. The fraction of sp³-hybridized carbons (Fsp3) is 0.440. The minimum Gasteiger partial charge on any atom is -0.497 e. The van der Waals surface area contributed by atoms with Gasteiger partial charge in [-0.05, 0) is 42.2 Å². The van der Waals surface area contributed by atoms with Crippen molar-refractivity contribution in [2.45, 2.75) is 63.6 Å². The summed E-state index contributed by atoms with van der Waals surface area (Å²) >= 11 is 0. The molecule has 158 valence electrons. The Kier molecular flexibility index (Phi) is 6.36. The Morgan fingerprint density at radius 3 is 2.53 bits per heavy atom. The van der Waals surface area contributed by atoms with E-state index in [0.717, 1.165) is 42.6 Å². The first-order valence-electron chi connectivity index (χ1n) is 11.0. The minimum atomic E-state index is -0.592. The van der Waals surface area contributed by atoms with Crippen LogP contribution >= 0.6 is 0 Å². The van der Waals surface area contributed by atoms with Crippen molar-refractivity contribution in [3.8, 4) is 5.75 Å². The minimum absolute atomic E-state index is 0.0678. The number of hydrogen-bond donors (Lipinski definition) is 1. The molecular weight excluding hydrogens is 376 g/mol. The third-order valence-electron chi connectivity index (χ3n) is 6.25. The van der Waals surface area contributed by atoms with Gasteiger partial charge >= 0.3 is 0 Å². The first-order valence-corrected chi connectivity index (χ1v) is 11.0. The summed E-state index contributed by atoms with van der Waals surface area (Å²) in [6.07, 6.45) is 8.10. The zero-order valence-corrected chi connectivity index (χ0v) is 17.6. The van der Waals surface area contributed by atoms with Crippen molar-refractivity contribution in [3.63, 3.8) is 0 Å². The van der Waals surface area contributed by atoms with Gasteiger partial charge in [-0.25, -0.2) is 0 Å². The second kappa shape index (κ2) is 9.33. The number of fused-ring (bicyclic) bond motifs is 1. The highest BCUT2D eigenvalue weighted by molar-refractivity contribution is 6.04. The quantitative estimate of drug-likeness (QED) is 0.788. The van der Waals surface area contributed by atoms with Crippen LogP contribution in [0.2, 0.25) is 0 Å². The van der Waals surface area contributed by atoms with Crippen molar-refractivity contribution in [2.24, 2.45) is 0 Å². The Morgan fingerprint density at radius 1 is 1.03 bits per heavy atom. The van der Waals surface area contributed by atoms with Crippen LogP contribution in [-0.4, -0.2) is 29.9 Å². The zero-order chi connectivity index (χ0) is 20.9. The number of carbonyl (C=O) groups excluding carboxylic acids is 2. The molecule has 0 radical (unpaired) electrons. The third kappa shape index (κ3) is 4.35. The maximum absolute atomic E-state index is 13.4. The molecule has 0 bridgehead atoms. The number of carbonyl (C=O) groups is 2. The Hall–Kier alpha value is -2.82. The highest BCUT2D eigenvalue weighted by Crippen LogP contribution is 2.35. The Balaban J connectivity index is 1.58. The van der Waals surface area contributed by atoms with Crippen LogP contribution in [0.4, 0.5) is 0 Å². The van der Waals surface area contributed by atoms with Gasteiger partial charge < -0.3 is 15.0 Å². The van der Waals surface area contributed by atoms with Crippen LogP contribution in [0.3, 0.4) is 0 Å². The molecule has 2 aromatic carbocycles. The van der Waals surface area contributed by atoms with Crippen LogP contribution in [0.1, 0.15) is 72.5 Å². The van der Waals surface area contributed by atoms with E-state index in [1.165, 1.54) is 19.3 Å². The molecule has 0 saturated heterocycles. The van der Waals surface area contributed by atoms with Crippen LogP contribution in [0.15, 0.2) is 48.5 Å². The molecule has 5 heteroatoms. The molecule has 1 saturated carbocycles. The first kappa shape index (κ1) is 20.5. The summed E-state index contributed by atoms with van der Waals surface area (Å²) in [6, 6.07) is 14.7. The molecule has 4 rings (SSSR count). The lowest BCUT2D eigenvalue weighted by Crippen LogP contribution is -2.43. The number of ether oxygens (including phenoxy) is 1. The summed E-state index contributed by atoms with van der Waals surface area (Å²) in [5.74, 6) is 0.584. The maximum atomic E-state index is 13.4. The number of nitrogens with zero attached hydrogens (tertiary/aromatic N) is 1. The third-order valence-corrected chi connectivity index (χ3v) is 6.25. The number of methoxy groups -OCH3 is 1. The zero-order valence-electron chi connectivity index (χ0n) is 17.6. The standard InChI is InChI=1S/C25H30N2O3/c1-30-20-13-9-10-18(16-20)17-27-23(21-14-7-8-15-22(21)25(27)29)24(28)26-19-11-5-3-2-4-6-12-19/h7-10,13-16,19,23H,2-6,11-12,17H2,1H3,(H,26,28)/t23-/m1/s1. The van der Waals surface area contributed by atoms with Gasteiger partial charge in [-0.15, -0.1) is 0 Å². The maximum Gasteiger partial charge on any atom is 0.255 e. The van der Waals surface area contributed by atoms with Crippen molar-refractivity contribution in [1.29, 1.82) is 0 Å². The van der Waals surface area contributed by atoms with Gasteiger partial charge in [0.1, 0.15) is 11.8 Å². The number of benzene rings is 2. The van der Waals surface area contributed by atoms with E-state index in [4.69, 9.17) is 4.74 Å². The summed E-state index contributed by atoms with van der Waals surface area (Å²) in [6.45, 7) is 0.369. The second-order valence-corrected chi connectivity index (χ2v) is 8.32. The molecule has 1 aliphatic carbocycles. The molecule has 1 aliphatic heterocycles. The lowest BCUT2D eigenvalue weighted by molar-refractivity contribution is -0.126. The Morgan fingerprint density at radius 2 is 1.77 bits per heavy atom. The lowest BCUT2D eigenvalue weighted by Gasteiger charge is -2.28. The predicted octanol–water partition coefficient (Wildman–Crippen LogP) is 4.62. The van der Waals surface area contributed by atoms with Crippen LogP contribution in [-0.2, 0) is 11.3 Å². The van der Waals surface area contributed by atoms with Gasteiger partial charge in [0.05, 0.1) is 7.11 Å². The SMILES string of the molecule is COc1cccc(CN2C(=O)c3ccccc3[C@@H]2C(=O)NC2CCCCCCC2)c1. The molecule has 2 amide bonds. The first-order chi connectivity index (χ1) is 14.7. The Labute approximate surface area is 178 Å². The number of rotatable bonds is 5. The molecule has 0 unspecified atom stereocenters. The van der Waals surface area contributed by atoms with Gasteiger partial charge in [0, 0.05) is 18.2 Å². The van der Waals surface area contributed by atoms with E-state index in [0.29, 0.717) is 12.1 Å². The lowest BCUT2D eigenvalue weighted by atomic mass is 9.96. The van der Waals surface area contributed by atoms with Gasteiger partial charge in [-0.3, -0.25) is 9.59 Å². The van der Waals surface area contributed by atoms with E-state index in [9.17, 15) is 9.59 Å². The molecule has 5 nitrogen and oxygen atoms in total. The van der Waals surface area contributed by atoms with Crippen LogP contribution in [0.25, 0.3) is 0 Å². The van der Waals surface area contributed by atoms with Crippen LogP contribution < -0.4 is 10.1 Å². The highest BCUT2D eigenvalue weighted by atomic mass is 16.5. The number of amides is 2.